The maximum absolute atomic E-state index is 5.19. The van der Waals surface area contributed by atoms with Gasteiger partial charge < -0.3 is 20.3 Å². The van der Waals surface area contributed by atoms with E-state index in [0.717, 1.165) is 44.3 Å². The number of halogens is 1. The minimum absolute atomic E-state index is 0. The number of nitrogens with zero attached hydrogens (tertiary/aromatic N) is 2. The Labute approximate surface area is 169 Å². The van der Waals surface area contributed by atoms with Gasteiger partial charge in [0.1, 0.15) is 5.75 Å². The van der Waals surface area contributed by atoms with Crippen LogP contribution in [0.3, 0.4) is 0 Å². The van der Waals surface area contributed by atoms with Crippen molar-refractivity contribution in [2.45, 2.75) is 32.6 Å². The number of aliphatic imine (C=N–C) groups is 1. The van der Waals surface area contributed by atoms with E-state index in [2.05, 4.69) is 34.6 Å². The van der Waals surface area contributed by atoms with Crippen molar-refractivity contribution in [1.29, 1.82) is 0 Å². The fourth-order valence-corrected chi connectivity index (χ4v) is 2.95. The minimum Gasteiger partial charge on any atom is -0.497 e. The number of rotatable bonds is 8. The highest BCUT2D eigenvalue weighted by Crippen LogP contribution is 2.11. The van der Waals surface area contributed by atoms with Crippen LogP contribution in [0, 0.1) is 0 Å². The largest absolute Gasteiger partial charge is 0.497 e. The summed E-state index contributed by atoms with van der Waals surface area (Å²) >= 11 is 0. The molecular formula is C19H33IN4O. The Morgan fingerprint density at radius 3 is 2.48 bits per heavy atom. The fourth-order valence-electron chi connectivity index (χ4n) is 2.95. The summed E-state index contributed by atoms with van der Waals surface area (Å²) in [5, 5.41) is 6.75. The molecular weight excluding hydrogens is 427 g/mol. The van der Waals surface area contributed by atoms with E-state index in [4.69, 9.17) is 9.73 Å². The summed E-state index contributed by atoms with van der Waals surface area (Å²) in [6.45, 7) is 8.26. The normalized spacial score (nSPS) is 15.4. The summed E-state index contributed by atoms with van der Waals surface area (Å²) in [5.74, 6) is 1.82. The molecule has 0 aliphatic carbocycles. The zero-order chi connectivity index (χ0) is 17.0. The van der Waals surface area contributed by atoms with Crippen molar-refractivity contribution in [3.63, 3.8) is 0 Å². The number of hydrogen-bond donors (Lipinski definition) is 2. The number of hydrogen-bond acceptors (Lipinski definition) is 3. The van der Waals surface area contributed by atoms with Gasteiger partial charge in [-0.25, -0.2) is 0 Å². The van der Waals surface area contributed by atoms with Gasteiger partial charge in [-0.05, 0) is 57.0 Å². The molecule has 5 nitrogen and oxygen atoms in total. The van der Waals surface area contributed by atoms with Gasteiger partial charge in [-0.2, -0.15) is 0 Å². The highest BCUT2D eigenvalue weighted by atomic mass is 127. The first-order chi connectivity index (χ1) is 11.8. The summed E-state index contributed by atoms with van der Waals surface area (Å²) in [7, 11) is 1.69. The molecule has 0 saturated carbocycles. The predicted octanol–water partition coefficient (Wildman–Crippen LogP) is 2.90. The van der Waals surface area contributed by atoms with Crippen molar-refractivity contribution in [3.05, 3.63) is 29.8 Å². The van der Waals surface area contributed by atoms with E-state index in [-0.39, 0.29) is 24.0 Å². The molecule has 0 bridgehead atoms. The molecule has 6 heteroatoms. The number of ether oxygens (including phenoxy) is 1. The van der Waals surface area contributed by atoms with Gasteiger partial charge in [0.25, 0.3) is 0 Å². The first-order valence-corrected chi connectivity index (χ1v) is 9.19. The van der Waals surface area contributed by atoms with Crippen molar-refractivity contribution in [2.75, 3.05) is 46.4 Å². The molecule has 1 aliphatic rings. The van der Waals surface area contributed by atoms with Crippen LogP contribution in [-0.4, -0.2) is 57.2 Å². The molecule has 0 unspecified atom stereocenters. The Hall–Kier alpha value is -1.02. The number of piperidine rings is 1. The number of methoxy groups -OCH3 is 1. The lowest BCUT2D eigenvalue weighted by Crippen LogP contribution is -2.39. The van der Waals surface area contributed by atoms with Gasteiger partial charge in [0.15, 0.2) is 5.96 Å². The average molecular weight is 460 g/mol. The Morgan fingerprint density at radius 2 is 1.84 bits per heavy atom. The molecule has 25 heavy (non-hydrogen) atoms. The van der Waals surface area contributed by atoms with Crippen molar-refractivity contribution in [1.82, 2.24) is 15.5 Å². The number of nitrogens with one attached hydrogen (secondary N) is 2. The molecule has 0 radical (unpaired) electrons. The van der Waals surface area contributed by atoms with Gasteiger partial charge in [-0.15, -0.1) is 24.0 Å². The van der Waals surface area contributed by atoms with Crippen LogP contribution in [0.4, 0.5) is 0 Å². The van der Waals surface area contributed by atoms with E-state index >= 15 is 0 Å². The molecule has 142 valence electrons. The molecule has 0 aromatic heterocycles. The highest BCUT2D eigenvalue weighted by molar-refractivity contribution is 14.0. The highest BCUT2D eigenvalue weighted by Gasteiger charge is 2.08. The van der Waals surface area contributed by atoms with Crippen molar-refractivity contribution in [2.24, 2.45) is 4.99 Å². The summed E-state index contributed by atoms with van der Waals surface area (Å²) in [5.41, 5.74) is 1.30. The third-order valence-corrected chi connectivity index (χ3v) is 4.34. The second kappa shape index (κ2) is 13.2. The average Bonchev–Trinajstić information content (AvgIpc) is 2.63. The first-order valence-electron chi connectivity index (χ1n) is 9.19. The summed E-state index contributed by atoms with van der Waals surface area (Å²) < 4.78 is 5.19. The lowest BCUT2D eigenvalue weighted by molar-refractivity contribution is 0.235. The van der Waals surface area contributed by atoms with Crippen LogP contribution in [0.25, 0.3) is 0 Å². The smallest absolute Gasteiger partial charge is 0.191 e. The van der Waals surface area contributed by atoms with Crippen LogP contribution in [0.1, 0.15) is 31.7 Å². The Bertz CT molecular complexity index is 487. The second-order valence-corrected chi connectivity index (χ2v) is 6.19. The minimum atomic E-state index is 0. The van der Waals surface area contributed by atoms with Crippen LogP contribution in [-0.2, 0) is 6.42 Å². The third-order valence-electron chi connectivity index (χ3n) is 4.34. The van der Waals surface area contributed by atoms with E-state index in [1.165, 1.54) is 37.9 Å². The van der Waals surface area contributed by atoms with E-state index < -0.39 is 0 Å². The van der Waals surface area contributed by atoms with Crippen LogP contribution in [0.5, 0.6) is 5.75 Å². The van der Waals surface area contributed by atoms with Crippen LogP contribution >= 0.6 is 24.0 Å². The van der Waals surface area contributed by atoms with E-state index in [0.29, 0.717) is 0 Å². The van der Waals surface area contributed by atoms with Crippen LogP contribution < -0.4 is 15.4 Å². The zero-order valence-corrected chi connectivity index (χ0v) is 17.9. The van der Waals surface area contributed by atoms with Gasteiger partial charge in [-0.1, -0.05) is 18.6 Å². The van der Waals surface area contributed by atoms with Crippen LogP contribution in [0.2, 0.25) is 0 Å². The summed E-state index contributed by atoms with van der Waals surface area (Å²) in [6.07, 6.45) is 5.03. The standard InChI is InChI=1S/C19H32N4O.HI/c1-3-20-19(22-13-16-23-14-5-4-6-15-23)21-12-11-17-7-9-18(24-2)10-8-17;/h7-10H,3-6,11-16H2,1-2H3,(H2,20,21,22);1H. The summed E-state index contributed by atoms with van der Waals surface area (Å²) in [4.78, 5) is 7.22. The molecule has 2 N–H and O–H groups in total. The van der Waals surface area contributed by atoms with E-state index in [9.17, 15) is 0 Å². The number of benzene rings is 1. The van der Waals surface area contributed by atoms with Crippen molar-refractivity contribution in [3.8, 4) is 5.75 Å². The molecule has 2 rings (SSSR count). The molecule has 1 saturated heterocycles. The van der Waals surface area contributed by atoms with Gasteiger partial charge >= 0.3 is 0 Å². The SMILES string of the molecule is CCNC(=NCCN1CCCCC1)NCCc1ccc(OC)cc1.I. The lowest BCUT2D eigenvalue weighted by atomic mass is 10.1. The molecule has 1 heterocycles. The van der Waals surface area contributed by atoms with Crippen molar-refractivity contribution < 1.29 is 4.74 Å². The maximum Gasteiger partial charge on any atom is 0.191 e. The number of likely N-dealkylation sites (tertiary alicyclic amines) is 1. The molecule has 1 aromatic carbocycles. The van der Waals surface area contributed by atoms with Gasteiger partial charge in [0.2, 0.25) is 0 Å². The van der Waals surface area contributed by atoms with E-state index in [1.54, 1.807) is 7.11 Å². The third kappa shape index (κ3) is 8.76. The lowest BCUT2D eigenvalue weighted by Gasteiger charge is -2.25. The molecule has 1 aliphatic heterocycles. The Balaban J connectivity index is 0.00000312. The molecule has 0 atom stereocenters. The summed E-state index contributed by atoms with van der Waals surface area (Å²) in [6, 6.07) is 8.24. The van der Waals surface area contributed by atoms with Gasteiger partial charge in [0.05, 0.1) is 13.7 Å². The first kappa shape index (κ1) is 22.0. The van der Waals surface area contributed by atoms with Crippen LogP contribution in [0.15, 0.2) is 29.3 Å². The molecule has 0 spiro atoms. The zero-order valence-electron chi connectivity index (χ0n) is 15.6. The molecule has 1 fully saturated rings. The number of guanidine groups is 1. The second-order valence-electron chi connectivity index (χ2n) is 6.19. The van der Waals surface area contributed by atoms with Gasteiger partial charge in [-0.3, -0.25) is 4.99 Å². The van der Waals surface area contributed by atoms with E-state index in [1.807, 2.05) is 12.1 Å². The molecule has 0 amide bonds. The molecule has 1 aromatic rings. The monoisotopic (exact) mass is 460 g/mol. The van der Waals surface area contributed by atoms with Gasteiger partial charge in [0, 0.05) is 19.6 Å². The predicted molar refractivity (Wildman–Crippen MR) is 116 cm³/mol. The topological polar surface area (TPSA) is 48.9 Å². The Morgan fingerprint density at radius 1 is 1.12 bits per heavy atom. The fraction of sp³-hybridized carbons (Fsp3) is 0.632. The maximum atomic E-state index is 5.19. The Kier molecular flexibility index (Phi) is 11.6. The van der Waals surface area contributed by atoms with Crippen molar-refractivity contribution >= 4 is 29.9 Å². The quantitative estimate of drug-likeness (QED) is 0.356.